The maximum atomic E-state index is 10.5. The number of fused-ring (bicyclic) bond motifs is 1. The van der Waals surface area contributed by atoms with Crippen molar-refractivity contribution < 1.29 is 9.90 Å². The second-order valence-electron chi connectivity index (χ2n) is 4.49. The molecule has 0 saturated carbocycles. The number of carboxylic acids is 1. The summed E-state index contributed by atoms with van der Waals surface area (Å²) in [5.74, 6) is 0.0686. The minimum atomic E-state index is -0.763. The van der Waals surface area contributed by atoms with Gasteiger partial charge in [0.05, 0.1) is 0 Å². The van der Waals surface area contributed by atoms with Crippen LogP contribution in [0.5, 0.6) is 0 Å². The molecule has 100 valence electrons. The van der Waals surface area contributed by atoms with Gasteiger partial charge in [-0.25, -0.2) is 4.98 Å². The lowest BCUT2D eigenvalue weighted by atomic mass is 10.1. The lowest BCUT2D eigenvalue weighted by Crippen LogP contribution is -2.06. The van der Waals surface area contributed by atoms with Gasteiger partial charge in [-0.15, -0.1) is 0 Å². The van der Waals surface area contributed by atoms with Gasteiger partial charge in [-0.2, -0.15) is 0 Å². The van der Waals surface area contributed by atoms with Crippen LogP contribution in [-0.4, -0.2) is 22.6 Å². The Hall–Kier alpha value is -2.10. The molecular weight excluding hydrogens is 240 g/mol. The summed E-state index contributed by atoms with van der Waals surface area (Å²) in [6, 6.07) is 8.34. The Bertz CT molecular complexity index is 581. The molecule has 0 saturated heterocycles. The highest BCUT2D eigenvalue weighted by Gasteiger charge is 2.03. The van der Waals surface area contributed by atoms with Crippen LogP contribution in [0.2, 0.25) is 0 Å². The smallest absolute Gasteiger partial charge is 0.303 e. The van der Waals surface area contributed by atoms with Gasteiger partial charge in [-0.1, -0.05) is 19.1 Å². The number of carbonyl (C=O) groups is 1. The SMILES string of the molecule is CCc1ccc2ccnc(NCCCC(=O)O)c2c1. The number of nitrogens with one attached hydrogen (secondary N) is 1. The van der Waals surface area contributed by atoms with Crippen molar-refractivity contribution in [1.29, 1.82) is 0 Å². The van der Waals surface area contributed by atoms with Gasteiger partial charge < -0.3 is 10.4 Å². The van der Waals surface area contributed by atoms with Gasteiger partial charge in [-0.05, 0) is 35.9 Å². The maximum Gasteiger partial charge on any atom is 0.303 e. The van der Waals surface area contributed by atoms with E-state index < -0.39 is 5.97 Å². The summed E-state index contributed by atoms with van der Waals surface area (Å²) in [7, 11) is 0. The fourth-order valence-electron chi connectivity index (χ4n) is 2.02. The zero-order valence-electron chi connectivity index (χ0n) is 11.0. The molecule has 0 atom stereocenters. The fraction of sp³-hybridized carbons (Fsp3) is 0.333. The van der Waals surface area contributed by atoms with Crippen molar-refractivity contribution in [2.24, 2.45) is 0 Å². The Labute approximate surface area is 112 Å². The molecule has 19 heavy (non-hydrogen) atoms. The summed E-state index contributed by atoms with van der Waals surface area (Å²) in [6.45, 7) is 2.74. The third-order valence-corrected chi connectivity index (χ3v) is 3.10. The van der Waals surface area contributed by atoms with E-state index >= 15 is 0 Å². The molecule has 4 heteroatoms. The van der Waals surface area contributed by atoms with E-state index in [1.165, 1.54) is 5.56 Å². The van der Waals surface area contributed by atoms with E-state index in [1.807, 2.05) is 6.07 Å². The van der Waals surface area contributed by atoms with Gasteiger partial charge in [0.25, 0.3) is 0 Å². The third kappa shape index (κ3) is 3.44. The zero-order valence-corrected chi connectivity index (χ0v) is 11.0. The number of nitrogens with zero attached hydrogens (tertiary/aromatic N) is 1. The Morgan fingerprint density at radius 1 is 1.37 bits per heavy atom. The molecule has 0 bridgehead atoms. The molecule has 2 N–H and O–H groups in total. The molecule has 0 aliphatic rings. The van der Waals surface area contributed by atoms with Crippen LogP contribution >= 0.6 is 0 Å². The molecular formula is C15H18N2O2. The van der Waals surface area contributed by atoms with E-state index in [0.29, 0.717) is 13.0 Å². The number of aliphatic carboxylic acids is 1. The molecule has 1 aromatic carbocycles. The van der Waals surface area contributed by atoms with Crippen molar-refractivity contribution in [3.63, 3.8) is 0 Å². The molecule has 1 aromatic heterocycles. The first-order chi connectivity index (χ1) is 9.20. The average molecular weight is 258 g/mol. The second-order valence-corrected chi connectivity index (χ2v) is 4.49. The standard InChI is InChI=1S/C15H18N2O2/c1-2-11-5-6-12-7-9-17-15(13(12)10-11)16-8-3-4-14(18)19/h5-7,9-10H,2-4,8H2,1H3,(H,16,17)(H,18,19). The summed E-state index contributed by atoms with van der Waals surface area (Å²) in [4.78, 5) is 14.8. The molecule has 0 aliphatic carbocycles. The summed E-state index contributed by atoms with van der Waals surface area (Å²) in [5.41, 5.74) is 1.27. The quantitative estimate of drug-likeness (QED) is 0.782. The molecule has 2 rings (SSSR count). The highest BCUT2D eigenvalue weighted by Crippen LogP contribution is 2.22. The largest absolute Gasteiger partial charge is 0.481 e. The number of aryl methyl sites for hydroxylation is 1. The number of rotatable bonds is 6. The Kier molecular flexibility index (Phi) is 4.34. The monoisotopic (exact) mass is 258 g/mol. The average Bonchev–Trinajstić information content (AvgIpc) is 2.43. The number of carboxylic acid groups (broad SMARTS) is 1. The van der Waals surface area contributed by atoms with Gasteiger partial charge >= 0.3 is 5.97 Å². The summed E-state index contributed by atoms with van der Waals surface area (Å²) < 4.78 is 0. The first kappa shape index (κ1) is 13.3. The number of anilines is 1. The molecule has 0 fully saturated rings. The van der Waals surface area contributed by atoms with E-state index in [2.05, 4.69) is 35.4 Å². The number of pyridine rings is 1. The predicted octanol–water partition coefficient (Wildman–Crippen LogP) is 3.07. The van der Waals surface area contributed by atoms with Crippen LogP contribution < -0.4 is 5.32 Å². The van der Waals surface area contributed by atoms with Crippen molar-refractivity contribution in [2.45, 2.75) is 26.2 Å². The Balaban J connectivity index is 2.15. The van der Waals surface area contributed by atoms with Crippen LogP contribution in [-0.2, 0) is 11.2 Å². The first-order valence-corrected chi connectivity index (χ1v) is 6.54. The molecule has 0 amide bonds. The van der Waals surface area contributed by atoms with Gasteiger partial charge in [0.15, 0.2) is 0 Å². The van der Waals surface area contributed by atoms with E-state index in [1.54, 1.807) is 6.20 Å². The van der Waals surface area contributed by atoms with Crippen LogP contribution in [0.15, 0.2) is 30.5 Å². The molecule has 0 unspecified atom stereocenters. The van der Waals surface area contributed by atoms with Crippen LogP contribution in [0.4, 0.5) is 5.82 Å². The van der Waals surface area contributed by atoms with Crippen LogP contribution in [0.3, 0.4) is 0 Å². The topological polar surface area (TPSA) is 62.2 Å². The van der Waals surface area contributed by atoms with E-state index in [-0.39, 0.29) is 6.42 Å². The second kappa shape index (κ2) is 6.18. The number of benzene rings is 1. The first-order valence-electron chi connectivity index (χ1n) is 6.54. The van der Waals surface area contributed by atoms with Crippen LogP contribution in [0.1, 0.15) is 25.3 Å². The minimum Gasteiger partial charge on any atom is -0.481 e. The van der Waals surface area contributed by atoms with Crippen molar-refractivity contribution in [3.05, 3.63) is 36.0 Å². The summed E-state index contributed by atoms with van der Waals surface area (Å²) in [5, 5.41) is 14.1. The van der Waals surface area contributed by atoms with Crippen molar-refractivity contribution >= 4 is 22.6 Å². The van der Waals surface area contributed by atoms with E-state index in [0.717, 1.165) is 23.0 Å². The van der Waals surface area contributed by atoms with Gasteiger partial charge in [0.2, 0.25) is 0 Å². The highest BCUT2D eigenvalue weighted by atomic mass is 16.4. The summed E-state index contributed by atoms with van der Waals surface area (Å²) in [6.07, 6.45) is 3.54. The third-order valence-electron chi connectivity index (χ3n) is 3.10. The lowest BCUT2D eigenvalue weighted by Gasteiger charge is -2.09. The van der Waals surface area contributed by atoms with Gasteiger partial charge in [-0.3, -0.25) is 4.79 Å². The van der Waals surface area contributed by atoms with E-state index in [9.17, 15) is 4.79 Å². The lowest BCUT2D eigenvalue weighted by molar-refractivity contribution is -0.137. The molecule has 0 radical (unpaired) electrons. The maximum absolute atomic E-state index is 10.5. The molecule has 1 heterocycles. The number of hydrogen-bond acceptors (Lipinski definition) is 3. The zero-order chi connectivity index (χ0) is 13.7. The normalized spacial score (nSPS) is 10.6. The minimum absolute atomic E-state index is 0.179. The molecule has 4 nitrogen and oxygen atoms in total. The molecule has 2 aromatic rings. The van der Waals surface area contributed by atoms with Crippen molar-refractivity contribution in [3.8, 4) is 0 Å². The van der Waals surface area contributed by atoms with Gasteiger partial charge in [0, 0.05) is 24.5 Å². The van der Waals surface area contributed by atoms with Crippen LogP contribution in [0, 0.1) is 0 Å². The Morgan fingerprint density at radius 2 is 2.21 bits per heavy atom. The molecule has 0 spiro atoms. The highest BCUT2D eigenvalue weighted by molar-refractivity contribution is 5.92. The van der Waals surface area contributed by atoms with Crippen molar-refractivity contribution in [1.82, 2.24) is 4.98 Å². The van der Waals surface area contributed by atoms with E-state index in [4.69, 9.17) is 5.11 Å². The fourth-order valence-corrected chi connectivity index (χ4v) is 2.02. The number of aromatic nitrogens is 1. The number of hydrogen-bond donors (Lipinski definition) is 2. The van der Waals surface area contributed by atoms with Gasteiger partial charge in [0.1, 0.15) is 5.82 Å². The van der Waals surface area contributed by atoms with Crippen molar-refractivity contribution in [2.75, 3.05) is 11.9 Å². The predicted molar refractivity (Wildman–Crippen MR) is 76.5 cm³/mol. The molecule has 0 aliphatic heterocycles. The van der Waals surface area contributed by atoms with Crippen LogP contribution in [0.25, 0.3) is 10.8 Å². The summed E-state index contributed by atoms with van der Waals surface area (Å²) >= 11 is 0. The Morgan fingerprint density at radius 3 is 2.95 bits per heavy atom.